The van der Waals surface area contributed by atoms with Crippen LogP contribution in [0.5, 0.6) is 0 Å². The van der Waals surface area contributed by atoms with Crippen molar-refractivity contribution in [1.29, 1.82) is 0 Å². The van der Waals surface area contributed by atoms with Crippen LogP contribution in [0.15, 0.2) is 78.9 Å². The Morgan fingerprint density at radius 2 is 1.41 bits per heavy atom. The molecule has 3 atom stereocenters. The fourth-order valence-corrected chi connectivity index (χ4v) is 4.44. The number of benzene rings is 3. The van der Waals surface area contributed by atoms with Crippen LogP contribution in [0.4, 0.5) is 4.79 Å². The van der Waals surface area contributed by atoms with Gasteiger partial charge in [-0.3, -0.25) is 4.79 Å². The van der Waals surface area contributed by atoms with Crippen LogP contribution in [0.1, 0.15) is 36.5 Å². The average molecular weight is 503 g/mol. The van der Waals surface area contributed by atoms with Crippen molar-refractivity contribution in [3.05, 3.63) is 95.6 Å². The number of aliphatic carboxylic acids is 1. The van der Waals surface area contributed by atoms with E-state index < -0.39 is 36.2 Å². The molecule has 0 saturated heterocycles. The van der Waals surface area contributed by atoms with Gasteiger partial charge in [0.2, 0.25) is 5.91 Å². The summed E-state index contributed by atoms with van der Waals surface area (Å²) >= 11 is 0. The first-order valence-corrected chi connectivity index (χ1v) is 12.2. The minimum absolute atomic E-state index is 0.107. The number of carbonyl (C=O) groups excluding carboxylic acids is 2. The lowest BCUT2D eigenvalue weighted by Crippen LogP contribution is -2.54. The Bertz CT molecular complexity index is 1220. The quantitative estimate of drug-likeness (QED) is 0.385. The number of carboxylic acid groups (broad SMARTS) is 1. The number of nitrogens with one attached hydrogen (secondary N) is 2. The Labute approximate surface area is 215 Å². The molecule has 1 aliphatic carbocycles. The molecule has 3 aromatic carbocycles. The van der Waals surface area contributed by atoms with Crippen molar-refractivity contribution in [2.24, 2.45) is 0 Å². The first-order chi connectivity index (χ1) is 17.8. The number of alkyl carbamates (subject to hydrolysis) is 1. The van der Waals surface area contributed by atoms with Crippen LogP contribution in [0, 0.1) is 0 Å². The van der Waals surface area contributed by atoms with Crippen LogP contribution in [-0.4, -0.2) is 47.9 Å². The number of amides is 2. The summed E-state index contributed by atoms with van der Waals surface area (Å²) in [7, 11) is 0. The van der Waals surface area contributed by atoms with Crippen molar-refractivity contribution in [1.82, 2.24) is 10.6 Å². The zero-order valence-electron chi connectivity index (χ0n) is 20.7. The molecule has 3 aromatic rings. The molecule has 192 valence electrons. The van der Waals surface area contributed by atoms with Gasteiger partial charge >= 0.3 is 12.1 Å². The summed E-state index contributed by atoms with van der Waals surface area (Å²) in [6, 6.07) is 23.0. The highest BCUT2D eigenvalue weighted by atomic mass is 16.5. The zero-order chi connectivity index (χ0) is 26.4. The molecule has 0 spiro atoms. The summed E-state index contributed by atoms with van der Waals surface area (Å²) in [5.74, 6) is -2.00. The second kappa shape index (κ2) is 11.7. The Balaban J connectivity index is 1.30. The van der Waals surface area contributed by atoms with Crippen molar-refractivity contribution in [3.8, 4) is 11.1 Å². The van der Waals surface area contributed by atoms with E-state index in [9.17, 15) is 19.5 Å². The minimum Gasteiger partial charge on any atom is -0.480 e. The van der Waals surface area contributed by atoms with Gasteiger partial charge in [-0.2, -0.15) is 0 Å². The van der Waals surface area contributed by atoms with Crippen molar-refractivity contribution < 1.29 is 29.0 Å². The topological polar surface area (TPSA) is 114 Å². The van der Waals surface area contributed by atoms with E-state index in [1.807, 2.05) is 78.9 Å². The van der Waals surface area contributed by atoms with Gasteiger partial charge < -0.3 is 25.2 Å². The first kappa shape index (κ1) is 25.9. The summed E-state index contributed by atoms with van der Waals surface area (Å²) in [5, 5.41) is 14.5. The largest absolute Gasteiger partial charge is 0.480 e. The van der Waals surface area contributed by atoms with Crippen LogP contribution in [0.25, 0.3) is 11.1 Å². The van der Waals surface area contributed by atoms with E-state index >= 15 is 0 Å². The van der Waals surface area contributed by atoms with Crippen molar-refractivity contribution in [2.45, 2.75) is 44.6 Å². The maximum atomic E-state index is 12.7. The molecule has 4 rings (SSSR count). The van der Waals surface area contributed by atoms with E-state index in [1.165, 1.54) is 6.92 Å². The smallest absolute Gasteiger partial charge is 0.407 e. The third kappa shape index (κ3) is 6.16. The fraction of sp³-hybridized carbons (Fsp3) is 0.276. The molecule has 0 bridgehead atoms. The van der Waals surface area contributed by atoms with Gasteiger partial charge in [0.05, 0.1) is 12.7 Å². The van der Waals surface area contributed by atoms with Crippen LogP contribution in [0.3, 0.4) is 0 Å². The number of carbonyl (C=O) groups is 3. The SMILES string of the molecule is C[C@H](NC(=O)OCC1c2ccccc2-c2ccccc21)C(=O)N[C@H](C(=O)O)[C@@H](C)OCc1ccccc1. The van der Waals surface area contributed by atoms with E-state index in [0.29, 0.717) is 0 Å². The van der Waals surface area contributed by atoms with Gasteiger partial charge in [0.1, 0.15) is 12.6 Å². The molecule has 0 saturated carbocycles. The zero-order valence-corrected chi connectivity index (χ0v) is 20.7. The number of ether oxygens (including phenoxy) is 2. The van der Waals surface area contributed by atoms with Crippen LogP contribution in [0.2, 0.25) is 0 Å². The third-order valence-corrected chi connectivity index (χ3v) is 6.46. The third-order valence-electron chi connectivity index (χ3n) is 6.46. The van der Waals surface area contributed by atoms with E-state index in [1.54, 1.807) is 6.92 Å². The first-order valence-electron chi connectivity index (χ1n) is 12.2. The molecular weight excluding hydrogens is 472 g/mol. The second-order valence-corrected chi connectivity index (χ2v) is 9.02. The van der Waals surface area contributed by atoms with Crippen molar-refractivity contribution in [2.75, 3.05) is 6.61 Å². The van der Waals surface area contributed by atoms with Crippen LogP contribution < -0.4 is 10.6 Å². The summed E-state index contributed by atoms with van der Waals surface area (Å²) < 4.78 is 11.1. The van der Waals surface area contributed by atoms with E-state index in [-0.39, 0.29) is 19.1 Å². The molecule has 0 aliphatic heterocycles. The molecule has 8 heteroatoms. The van der Waals surface area contributed by atoms with Crippen LogP contribution in [-0.2, 0) is 25.7 Å². The summed E-state index contributed by atoms with van der Waals surface area (Å²) in [6.07, 6.45) is -1.56. The summed E-state index contributed by atoms with van der Waals surface area (Å²) in [6.45, 7) is 3.35. The predicted octanol–water partition coefficient (Wildman–Crippen LogP) is 4.09. The van der Waals surface area contributed by atoms with Crippen molar-refractivity contribution >= 4 is 18.0 Å². The maximum Gasteiger partial charge on any atom is 0.407 e. The highest BCUT2D eigenvalue weighted by Gasteiger charge is 2.31. The lowest BCUT2D eigenvalue weighted by atomic mass is 9.98. The van der Waals surface area contributed by atoms with Crippen LogP contribution >= 0.6 is 0 Å². The Morgan fingerprint density at radius 3 is 2.00 bits per heavy atom. The number of hydrogen-bond acceptors (Lipinski definition) is 5. The molecule has 0 aromatic heterocycles. The van der Waals surface area contributed by atoms with Gasteiger partial charge in [0.15, 0.2) is 6.04 Å². The molecule has 0 radical (unpaired) electrons. The molecule has 1 aliphatic rings. The van der Waals surface area contributed by atoms with Gasteiger partial charge in [-0.05, 0) is 41.7 Å². The number of carboxylic acids is 1. The molecule has 0 heterocycles. The summed E-state index contributed by atoms with van der Waals surface area (Å²) in [5.41, 5.74) is 5.27. The molecule has 8 nitrogen and oxygen atoms in total. The standard InChI is InChI=1S/C29H30N2O6/c1-18(27(32)31-26(28(33)34)19(2)36-16-20-10-4-3-5-11-20)30-29(35)37-17-25-23-14-8-6-12-21(23)22-13-7-9-15-24(22)25/h3-15,18-19,25-26H,16-17H2,1-2H3,(H,30,35)(H,31,32)(H,33,34)/t18-,19+,26-/m0/s1. The highest BCUT2D eigenvalue weighted by molar-refractivity contribution is 5.89. The predicted molar refractivity (Wildman–Crippen MR) is 138 cm³/mol. The molecule has 2 amide bonds. The number of fused-ring (bicyclic) bond motifs is 3. The normalized spacial score (nSPS) is 14.5. The molecule has 37 heavy (non-hydrogen) atoms. The van der Waals surface area contributed by atoms with Gasteiger partial charge in [-0.25, -0.2) is 9.59 Å². The lowest BCUT2D eigenvalue weighted by molar-refractivity contribution is -0.146. The van der Waals surface area contributed by atoms with Gasteiger partial charge in [0, 0.05) is 5.92 Å². The highest BCUT2D eigenvalue weighted by Crippen LogP contribution is 2.44. The van der Waals surface area contributed by atoms with Gasteiger partial charge in [-0.15, -0.1) is 0 Å². The molecule has 0 fully saturated rings. The van der Waals surface area contributed by atoms with E-state index in [4.69, 9.17) is 9.47 Å². The Kier molecular flexibility index (Phi) is 8.20. The molecule has 3 N–H and O–H groups in total. The lowest BCUT2D eigenvalue weighted by Gasteiger charge is -2.24. The minimum atomic E-state index is -1.29. The number of hydrogen-bond donors (Lipinski definition) is 3. The maximum absolute atomic E-state index is 12.7. The average Bonchev–Trinajstić information content (AvgIpc) is 3.23. The van der Waals surface area contributed by atoms with E-state index in [2.05, 4.69) is 10.6 Å². The molecular formula is C29H30N2O6. The Morgan fingerprint density at radius 1 is 0.838 bits per heavy atom. The summed E-state index contributed by atoms with van der Waals surface area (Å²) in [4.78, 5) is 36.9. The van der Waals surface area contributed by atoms with Gasteiger partial charge in [-0.1, -0.05) is 78.9 Å². The monoisotopic (exact) mass is 502 g/mol. The fourth-order valence-electron chi connectivity index (χ4n) is 4.44. The molecule has 0 unspecified atom stereocenters. The van der Waals surface area contributed by atoms with E-state index in [0.717, 1.165) is 27.8 Å². The second-order valence-electron chi connectivity index (χ2n) is 9.02. The van der Waals surface area contributed by atoms with Gasteiger partial charge in [0.25, 0.3) is 0 Å². The number of rotatable bonds is 10. The van der Waals surface area contributed by atoms with Crippen molar-refractivity contribution in [3.63, 3.8) is 0 Å². The Hall–Kier alpha value is -4.17.